The molecule has 8 nitrogen and oxygen atoms in total. The summed E-state index contributed by atoms with van der Waals surface area (Å²) in [5.74, 6) is -0.00594. The molecule has 0 aliphatic carbocycles. The first-order valence-electron chi connectivity index (χ1n) is 10.7. The van der Waals surface area contributed by atoms with Crippen LogP contribution in [0, 0.1) is 6.92 Å². The predicted octanol–water partition coefficient (Wildman–Crippen LogP) is 3.37. The number of thiazole rings is 1. The van der Waals surface area contributed by atoms with Crippen LogP contribution in [0.1, 0.15) is 43.6 Å². The maximum absolute atomic E-state index is 13.1. The first-order valence-corrected chi connectivity index (χ1v) is 13.0. The maximum Gasteiger partial charge on any atom is 0.242 e. The van der Waals surface area contributed by atoms with Gasteiger partial charge in [-0.3, -0.25) is 9.78 Å². The second kappa shape index (κ2) is 9.51. The SMILES string of the molecule is Cc1csc(-c2cc(S(=O)(=O)N[C@H](C)c3ccccn3)cn2CC(=O)N2CCCCC2)n1. The van der Waals surface area contributed by atoms with E-state index in [-0.39, 0.29) is 17.3 Å². The summed E-state index contributed by atoms with van der Waals surface area (Å²) >= 11 is 1.43. The smallest absolute Gasteiger partial charge is 0.242 e. The number of hydrogen-bond acceptors (Lipinski definition) is 6. The molecule has 1 N–H and O–H groups in total. The van der Waals surface area contributed by atoms with Gasteiger partial charge in [0.25, 0.3) is 0 Å². The van der Waals surface area contributed by atoms with Crippen molar-refractivity contribution in [2.75, 3.05) is 13.1 Å². The van der Waals surface area contributed by atoms with Gasteiger partial charge in [0.05, 0.1) is 17.4 Å². The lowest BCUT2D eigenvalue weighted by molar-refractivity contribution is -0.132. The van der Waals surface area contributed by atoms with Crippen LogP contribution in [0.3, 0.4) is 0 Å². The lowest BCUT2D eigenvalue weighted by atomic mass is 10.1. The molecule has 170 valence electrons. The Kier molecular flexibility index (Phi) is 6.73. The van der Waals surface area contributed by atoms with Crippen LogP contribution in [0.25, 0.3) is 10.7 Å². The number of aromatic nitrogens is 3. The molecule has 1 aliphatic heterocycles. The van der Waals surface area contributed by atoms with Crippen LogP contribution in [-0.4, -0.2) is 46.8 Å². The van der Waals surface area contributed by atoms with Gasteiger partial charge in [0.15, 0.2) is 0 Å². The molecule has 0 saturated carbocycles. The third-order valence-corrected chi connectivity index (χ3v) is 7.99. The number of hydrogen-bond donors (Lipinski definition) is 1. The van der Waals surface area contributed by atoms with Crippen molar-refractivity contribution in [2.45, 2.75) is 50.6 Å². The van der Waals surface area contributed by atoms with Crippen molar-refractivity contribution in [2.24, 2.45) is 0 Å². The molecular formula is C22H27N5O3S2. The molecule has 3 aromatic rings. The molecule has 10 heteroatoms. The number of carbonyl (C=O) groups excluding carboxylic acids is 1. The van der Waals surface area contributed by atoms with E-state index in [1.54, 1.807) is 35.9 Å². The number of amides is 1. The minimum Gasteiger partial charge on any atom is -0.341 e. The van der Waals surface area contributed by atoms with E-state index in [0.717, 1.165) is 38.0 Å². The number of nitrogens with one attached hydrogen (secondary N) is 1. The highest BCUT2D eigenvalue weighted by Gasteiger charge is 2.25. The van der Waals surface area contributed by atoms with Gasteiger partial charge >= 0.3 is 0 Å². The van der Waals surface area contributed by atoms with Crippen LogP contribution >= 0.6 is 11.3 Å². The van der Waals surface area contributed by atoms with E-state index < -0.39 is 16.1 Å². The van der Waals surface area contributed by atoms with E-state index in [9.17, 15) is 13.2 Å². The Balaban J connectivity index is 1.63. The van der Waals surface area contributed by atoms with Crippen molar-refractivity contribution < 1.29 is 13.2 Å². The number of piperidine rings is 1. The third kappa shape index (κ3) is 5.08. The number of carbonyl (C=O) groups is 1. The zero-order chi connectivity index (χ0) is 22.7. The number of nitrogens with zero attached hydrogens (tertiary/aromatic N) is 4. The van der Waals surface area contributed by atoms with Crippen LogP contribution in [0.4, 0.5) is 0 Å². The highest BCUT2D eigenvalue weighted by molar-refractivity contribution is 7.89. The summed E-state index contributed by atoms with van der Waals surface area (Å²) in [4.78, 5) is 23.6. The summed E-state index contributed by atoms with van der Waals surface area (Å²) in [6, 6.07) is 6.48. The van der Waals surface area contributed by atoms with Gasteiger partial charge in [-0.15, -0.1) is 11.3 Å². The molecule has 1 aliphatic rings. The van der Waals surface area contributed by atoms with Gasteiger partial charge in [0, 0.05) is 36.6 Å². The molecule has 0 aromatic carbocycles. The van der Waals surface area contributed by atoms with Crippen molar-refractivity contribution >= 4 is 27.3 Å². The van der Waals surface area contributed by atoms with Crippen LogP contribution in [0.5, 0.6) is 0 Å². The largest absolute Gasteiger partial charge is 0.341 e. The van der Waals surface area contributed by atoms with Crippen molar-refractivity contribution in [1.29, 1.82) is 0 Å². The van der Waals surface area contributed by atoms with E-state index in [2.05, 4.69) is 14.7 Å². The Morgan fingerprint density at radius 2 is 2.03 bits per heavy atom. The zero-order valence-corrected chi connectivity index (χ0v) is 19.8. The lowest BCUT2D eigenvalue weighted by Gasteiger charge is -2.27. The monoisotopic (exact) mass is 473 g/mol. The number of sulfonamides is 1. The molecule has 1 amide bonds. The molecule has 0 radical (unpaired) electrons. The van der Waals surface area contributed by atoms with Crippen molar-refractivity contribution in [3.63, 3.8) is 0 Å². The van der Waals surface area contributed by atoms with Gasteiger partial charge in [0.2, 0.25) is 15.9 Å². The zero-order valence-electron chi connectivity index (χ0n) is 18.2. The highest BCUT2D eigenvalue weighted by Crippen LogP contribution is 2.29. The fourth-order valence-corrected chi connectivity index (χ4v) is 5.88. The molecule has 1 fully saturated rings. The topological polar surface area (TPSA) is 97.2 Å². The second-order valence-electron chi connectivity index (χ2n) is 8.02. The van der Waals surface area contributed by atoms with Crippen molar-refractivity contribution in [1.82, 2.24) is 24.2 Å². The van der Waals surface area contributed by atoms with Gasteiger partial charge in [-0.1, -0.05) is 6.07 Å². The van der Waals surface area contributed by atoms with E-state index in [0.29, 0.717) is 16.4 Å². The summed E-state index contributed by atoms with van der Waals surface area (Å²) in [7, 11) is -3.83. The van der Waals surface area contributed by atoms with Gasteiger partial charge in [-0.05, 0) is 51.3 Å². The number of rotatable bonds is 7. The minimum absolute atomic E-state index is 0.00594. The van der Waals surface area contributed by atoms with Gasteiger partial charge in [-0.2, -0.15) is 0 Å². The van der Waals surface area contributed by atoms with Crippen LogP contribution < -0.4 is 4.72 Å². The van der Waals surface area contributed by atoms with Crippen LogP contribution in [-0.2, 0) is 21.4 Å². The molecule has 3 aromatic heterocycles. The molecule has 0 bridgehead atoms. The molecule has 1 saturated heterocycles. The molecule has 0 unspecified atom stereocenters. The highest BCUT2D eigenvalue weighted by atomic mass is 32.2. The standard InChI is InChI=1S/C22H27N5O3S2/c1-16-15-31-22(24-16)20-12-18(13-27(20)14-21(28)26-10-6-3-7-11-26)32(29,30)25-17(2)19-8-4-5-9-23-19/h4-5,8-9,12-13,15,17,25H,3,6-7,10-11,14H2,1-2H3/t17-/m1/s1. The number of aryl methyl sites for hydroxylation is 1. The predicted molar refractivity (Wildman–Crippen MR) is 124 cm³/mol. The number of likely N-dealkylation sites (tertiary alicyclic amines) is 1. The average Bonchev–Trinajstić information content (AvgIpc) is 3.41. The van der Waals surface area contributed by atoms with Gasteiger partial charge < -0.3 is 9.47 Å². The van der Waals surface area contributed by atoms with Crippen LogP contribution in [0.15, 0.2) is 46.9 Å². The first kappa shape index (κ1) is 22.6. The minimum atomic E-state index is -3.83. The Hall–Kier alpha value is -2.56. The molecule has 1 atom stereocenters. The normalized spacial score (nSPS) is 15.6. The van der Waals surface area contributed by atoms with Gasteiger partial charge in [0.1, 0.15) is 16.4 Å². The molecule has 4 rings (SSSR count). The molecular weight excluding hydrogens is 446 g/mol. The average molecular weight is 474 g/mol. The Morgan fingerprint density at radius 3 is 2.69 bits per heavy atom. The summed E-state index contributed by atoms with van der Waals surface area (Å²) in [5.41, 5.74) is 2.11. The van der Waals surface area contributed by atoms with E-state index in [1.807, 2.05) is 23.3 Å². The lowest BCUT2D eigenvalue weighted by Crippen LogP contribution is -2.37. The van der Waals surface area contributed by atoms with E-state index in [1.165, 1.54) is 17.5 Å². The summed E-state index contributed by atoms with van der Waals surface area (Å²) in [6.07, 6.45) is 6.31. The third-order valence-electron chi connectivity index (χ3n) is 5.50. The molecule has 0 spiro atoms. The number of pyridine rings is 1. The maximum atomic E-state index is 13.1. The van der Waals surface area contributed by atoms with Crippen molar-refractivity contribution in [3.8, 4) is 10.7 Å². The van der Waals surface area contributed by atoms with Crippen molar-refractivity contribution in [3.05, 3.63) is 53.4 Å². The summed E-state index contributed by atoms with van der Waals surface area (Å²) in [5, 5.41) is 2.60. The quantitative estimate of drug-likeness (QED) is 0.567. The summed E-state index contributed by atoms with van der Waals surface area (Å²) < 4.78 is 30.7. The Labute approximate surface area is 192 Å². The fourth-order valence-electron chi connectivity index (χ4n) is 3.79. The Bertz CT molecular complexity index is 1180. The second-order valence-corrected chi connectivity index (χ2v) is 10.6. The van der Waals surface area contributed by atoms with E-state index >= 15 is 0 Å². The van der Waals surface area contributed by atoms with E-state index in [4.69, 9.17) is 0 Å². The molecule has 32 heavy (non-hydrogen) atoms. The molecule has 4 heterocycles. The van der Waals surface area contributed by atoms with Crippen LogP contribution in [0.2, 0.25) is 0 Å². The van der Waals surface area contributed by atoms with Gasteiger partial charge in [-0.25, -0.2) is 18.1 Å². The fraction of sp³-hybridized carbons (Fsp3) is 0.409. The first-order chi connectivity index (χ1) is 15.3. The Morgan fingerprint density at radius 1 is 1.25 bits per heavy atom. The summed E-state index contributed by atoms with van der Waals surface area (Å²) in [6.45, 7) is 5.22.